The summed E-state index contributed by atoms with van der Waals surface area (Å²) >= 11 is 0. The van der Waals surface area contributed by atoms with Gasteiger partial charge in [0.25, 0.3) is 0 Å². The van der Waals surface area contributed by atoms with E-state index < -0.39 is 0 Å². The van der Waals surface area contributed by atoms with Crippen molar-refractivity contribution < 1.29 is 4.42 Å². The molecule has 0 spiro atoms. The van der Waals surface area contributed by atoms with Gasteiger partial charge in [-0.05, 0) is 107 Å². The minimum atomic E-state index is 0.913. The molecule has 0 aliphatic heterocycles. The minimum Gasteiger partial charge on any atom is -0.456 e. The second-order valence-corrected chi connectivity index (χ2v) is 12.4. The Hall–Kier alpha value is -6.18. The Kier molecular flexibility index (Phi) is 5.64. The van der Waals surface area contributed by atoms with E-state index in [1.165, 1.54) is 76.5 Å². The molecule has 0 fully saturated rings. The summed E-state index contributed by atoms with van der Waals surface area (Å²) in [6.07, 6.45) is 0. The molecule has 10 aromatic rings. The van der Waals surface area contributed by atoms with E-state index in [-0.39, 0.29) is 0 Å². The Balaban J connectivity index is 1.33. The van der Waals surface area contributed by atoms with Crippen LogP contribution < -0.4 is 0 Å². The van der Waals surface area contributed by atoms with E-state index in [9.17, 15) is 0 Å². The number of rotatable bonds is 3. The highest BCUT2D eigenvalue weighted by atomic mass is 16.3. The molecular weight excluding hydrogens is 569 g/mol. The molecular formula is C46H28O. The average Bonchev–Trinajstić information content (AvgIpc) is 3.51. The van der Waals surface area contributed by atoms with Gasteiger partial charge in [-0.3, -0.25) is 0 Å². The molecule has 1 nitrogen and oxygen atoms in total. The van der Waals surface area contributed by atoms with Crippen molar-refractivity contribution in [3.8, 4) is 33.4 Å². The summed E-state index contributed by atoms with van der Waals surface area (Å²) < 4.78 is 6.21. The van der Waals surface area contributed by atoms with Crippen molar-refractivity contribution in [3.63, 3.8) is 0 Å². The largest absolute Gasteiger partial charge is 0.456 e. The van der Waals surface area contributed by atoms with Crippen molar-refractivity contribution in [2.45, 2.75) is 0 Å². The van der Waals surface area contributed by atoms with Gasteiger partial charge in [0.2, 0.25) is 0 Å². The first-order chi connectivity index (χ1) is 23.3. The van der Waals surface area contributed by atoms with E-state index in [1.807, 2.05) is 12.1 Å². The minimum absolute atomic E-state index is 0.913. The van der Waals surface area contributed by atoms with Crippen molar-refractivity contribution >= 4 is 65.0 Å². The summed E-state index contributed by atoms with van der Waals surface area (Å²) in [6, 6.07) is 61.7. The van der Waals surface area contributed by atoms with Crippen LogP contribution in [0.2, 0.25) is 0 Å². The molecule has 0 amide bonds. The lowest BCUT2D eigenvalue weighted by Gasteiger charge is -2.21. The fourth-order valence-corrected chi connectivity index (χ4v) is 7.73. The van der Waals surface area contributed by atoms with E-state index in [0.29, 0.717) is 0 Å². The van der Waals surface area contributed by atoms with Gasteiger partial charge in [0.15, 0.2) is 0 Å². The number of benzene rings is 9. The van der Waals surface area contributed by atoms with Crippen LogP contribution in [0, 0.1) is 0 Å². The molecule has 1 aromatic heterocycles. The standard InChI is InChI=1S/C46H28O/c1-2-12-29(13-3-1)39-28-40-31(23-22-30-14-4-5-15-33(30)40)26-42(39)46-37-19-8-6-17-35(37)45(36-18-7-9-20-38(36)46)32-24-25-44-41(27-32)34-16-10-11-21-43(34)47-44/h1-28H. The van der Waals surface area contributed by atoms with Crippen LogP contribution in [-0.2, 0) is 0 Å². The molecule has 0 unspecified atom stereocenters. The third-order valence-electron chi connectivity index (χ3n) is 9.83. The van der Waals surface area contributed by atoms with E-state index in [1.54, 1.807) is 0 Å². The van der Waals surface area contributed by atoms with Crippen molar-refractivity contribution in [3.05, 3.63) is 170 Å². The fourth-order valence-electron chi connectivity index (χ4n) is 7.73. The topological polar surface area (TPSA) is 13.1 Å². The smallest absolute Gasteiger partial charge is 0.135 e. The molecule has 0 bridgehead atoms. The first-order valence-electron chi connectivity index (χ1n) is 16.2. The molecule has 218 valence electrons. The number of hydrogen-bond acceptors (Lipinski definition) is 1. The predicted molar refractivity (Wildman–Crippen MR) is 200 cm³/mol. The Morgan fingerprint density at radius 2 is 0.851 bits per heavy atom. The highest BCUT2D eigenvalue weighted by Crippen LogP contribution is 2.48. The van der Waals surface area contributed by atoms with Crippen LogP contribution in [0.25, 0.3) is 98.4 Å². The molecule has 1 heteroatoms. The fraction of sp³-hybridized carbons (Fsp3) is 0. The predicted octanol–water partition coefficient (Wildman–Crippen LogP) is 13.2. The molecule has 0 saturated carbocycles. The Bertz CT molecular complexity index is 2780. The lowest BCUT2D eigenvalue weighted by Crippen LogP contribution is -1.93. The quantitative estimate of drug-likeness (QED) is 0.146. The van der Waals surface area contributed by atoms with Gasteiger partial charge in [-0.2, -0.15) is 0 Å². The van der Waals surface area contributed by atoms with Crippen molar-refractivity contribution in [1.29, 1.82) is 0 Å². The monoisotopic (exact) mass is 596 g/mol. The maximum absolute atomic E-state index is 6.21. The molecule has 10 rings (SSSR count). The van der Waals surface area contributed by atoms with E-state index in [0.717, 1.165) is 21.9 Å². The zero-order valence-electron chi connectivity index (χ0n) is 25.6. The highest BCUT2D eigenvalue weighted by molar-refractivity contribution is 6.24. The zero-order valence-corrected chi connectivity index (χ0v) is 25.6. The van der Waals surface area contributed by atoms with Crippen LogP contribution in [0.5, 0.6) is 0 Å². The molecule has 9 aromatic carbocycles. The molecule has 0 aliphatic rings. The lowest BCUT2D eigenvalue weighted by atomic mass is 9.82. The number of furan rings is 1. The SMILES string of the molecule is c1ccc(-c2cc3c(ccc4ccccc43)cc2-c2c3ccccc3c(-c3ccc4oc5ccccc5c4c3)c3ccccc23)cc1. The van der Waals surface area contributed by atoms with Crippen molar-refractivity contribution in [1.82, 2.24) is 0 Å². The summed E-state index contributed by atoms with van der Waals surface area (Å²) in [4.78, 5) is 0. The normalized spacial score (nSPS) is 11.8. The van der Waals surface area contributed by atoms with E-state index >= 15 is 0 Å². The first-order valence-corrected chi connectivity index (χ1v) is 16.2. The van der Waals surface area contributed by atoms with Gasteiger partial charge in [0, 0.05) is 10.8 Å². The average molecular weight is 597 g/mol. The van der Waals surface area contributed by atoms with Gasteiger partial charge in [0.05, 0.1) is 0 Å². The summed E-state index contributed by atoms with van der Waals surface area (Å²) in [5.41, 5.74) is 9.24. The number of hydrogen-bond donors (Lipinski definition) is 0. The third-order valence-corrected chi connectivity index (χ3v) is 9.83. The maximum atomic E-state index is 6.21. The molecule has 47 heavy (non-hydrogen) atoms. The van der Waals surface area contributed by atoms with Crippen LogP contribution in [-0.4, -0.2) is 0 Å². The molecule has 0 aliphatic carbocycles. The lowest BCUT2D eigenvalue weighted by molar-refractivity contribution is 0.669. The summed E-state index contributed by atoms with van der Waals surface area (Å²) in [5, 5.41) is 12.3. The van der Waals surface area contributed by atoms with Gasteiger partial charge in [-0.15, -0.1) is 0 Å². The first kappa shape index (κ1) is 26.1. The molecule has 0 N–H and O–H groups in total. The van der Waals surface area contributed by atoms with Crippen LogP contribution in [0.3, 0.4) is 0 Å². The number of fused-ring (bicyclic) bond motifs is 8. The highest BCUT2D eigenvalue weighted by Gasteiger charge is 2.20. The summed E-state index contributed by atoms with van der Waals surface area (Å²) in [5.74, 6) is 0. The third kappa shape index (κ3) is 3.97. The molecule has 0 atom stereocenters. The van der Waals surface area contributed by atoms with Gasteiger partial charge in [-0.25, -0.2) is 0 Å². The van der Waals surface area contributed by atoms with E-state index in [2.05, 4.69) is 158 Å². The van der Waals surface area contributed by atoms with Gasteiger partial charge in [0.1, 0.15) is 11.2 Å². The molecule has 1 heterocycles. The van der Waals surface area contributed by atoms with Gasteiger partial charge >= 0.3 is 0 Å². The summed E-state index contributed by atoms with van der Waals surface area (Å²) in [6.45, 7) is 0. The Labute approximate surface area is 271 Å². The van der Waals surface area contributed by atoms with Gasteiger partial charge in [-0.1, -0.05) is 140 Å². The van der Waals surface area contributed by atoms with Crippen LogP contribution >= 0.6 is 0 Å². The van der Waals surface area contributed by atoms with Crippen LogP contribution in [0.15, 0.2) is 174 Å². The maximum Gasteiger partial charge on any atom is 0.135 e. The van der Waals surface area contributed by atoms with Crippen LogP contribution in [0.1, 0.15) is 0 Å². The van der Waals surface area contributed by atoms with Crippen molar-refractivity contribution in [2.75, 3.05) is 0 Å². The Morgan fingerprint density at radius 3 is 1.60 bits per heavy atom. The zero-order chi connectivity index (χ0) is 30.9. The molecule has 0 radical (unpaired) electrons. The number of para-hydroxylation sites is 1. The van der Waals surface area contributed by atoms with Crippen LogP contribution in [0.4, 0.5) is 0 Å². The van der Waals surface area contributed by atoms with E-state index in [4.69, 9.17) is 4.42 Å². The summed E-state index contributed by atoms with van der Waals surface area (Å²) in [7, 11) is 0. The molecule has 0 saturated heterocycles. The second-order valence-electron chi connectivity index (χ2n) is 12.4. The van der Waals surface area contributed by atoms with Crippen molar-refractivity contribution in [2.24, 2.45) is 0 Å². The Morgan fingerprint density at radius 1 is 0.277 bits per heavy atom. The second kappa shape index (κ2) is 10.2. The van der Waals surface area contributed by atoms with Gasteiger partial charge < -0.3 is 4.42 Å².